The van der Waals surface area contributed by atoms with Crippen molar-refractivity contribution in [3.05, 3.63) is 65.6 Å². The Bertz CT molecular complexity index is 1650. The first-order valence-corrected chi connectivity index (χ1v) is 14.4. The number of morpholine rings is 1. The maximum Gasteiger partial charge on any atom is 0.318 e. The van der Waals surface area contributed by atoms with E-state index in [-0.39, 0.29) is 29.2 Å². The molecule has 1 amide bonds. The molecule has 42 heavy (non-hydrogen) atoms. The number of amides is 1. The number of benzene rings is 2. The molecule has 0 N–H and O–H groups in total. The zero-order chi connectivity index (χ0) is 29.2. The molecule has 2 aromatic heterocycles. The lowest BCUT2D eigenvalue weighted by Gasteiger charge is -2.35. The van der Waals surface area contributed by atoms with Crippen LogP contribution in [0.2, 0.25) is 5.02 Å². The molecule has 9 nitrogen and oxygen atoms in total. The Morgan fingerprint density at radius 3 is 2.69 bits per heavy atom. The quantitative estimate of drug-likeness (QED) is 0.302. The summed E-state index contributed by atoms with van der Waals surface area (Å²) in [5.74, 6) is -0.0718. The molecule has 0 aliphatic carbocycles. The summed E-state index contributed by atoms with van der Waals surface area (Å²) in [7, 11) is 1.45. The van der Waals surface area contributed by atoms with Gasteiger partial charge < -0.3 is 19.3 Å². The molecule has 2 fully saturated rings. The number of hydrogen-bond donors (Lipinski definition) is 0. The van der Waals surface area contributed by atoms with Crippen LogP contribution in [-0.2, 0) is 9.53 Å². The van der Waals surface area contributed by atoms with E-state index >= 15 is 4.39 Å². The molecule has 2 saturated heterocycles. The van der Waals surface area contributed by atoms with Crippen LogP contribution in [0.4, 0.5) is 10.2 Å². The number of fused-ring (bicyclic) bond motifs is 2. The SMILES string of the molecule is COc1nc(N2CCN(C(=O)/C=C/CN3CCOC(C)C3)CC2)c2cnc(-c3cccc4cccc(Cl)c34)c(F)c2n1. The highest BCUT2D eigenvalue weighted by Crippen LogP contribution is 2.37. The van der Waals surface area contributed by atoms with Gasteiger partial charge in [-0.3, -0.25) is 14.7 Å². The second kappa shape index (κ2) is 12.2. The highest BCUT2D eigenvalue weighted by molar-refractivity contribution is 6.36. The lowest BCUT2D eigenvalue weighted by atomic mass is 10.0. The average molecular weight is 591 g/mol. The molecule has 1 unspecified atom stereocenters. The van der Waals surface area contributed by atoms with Crippen molar-refractivity contribution in [2.24, 2.45) is 0 Å². The fraction of sp³-hybridized carbons (Fsp3) is 0.355. The Kier molecular flexibility index (Phi) is 8.19. The maximum absolute atomic E-state index is 16.2. The van der Waals surface area contributed by atoms with Crippen LogP contribution in [0.25, 0.3) is 32.9 Å². The first kappa shape index (κ1) is 28.3. The van der Waals surface area contributed by atoms with Crippen LogP contribution < -0.4 is 9.64 Å². The fourth-order valence-electron chi connectivity index (χ4n) is 5.64. The second-order valence-electron chi connectivity index (χ2n) is 10.5. The minimum atomic E-state index is -0.574. The minimum Gasteiger partial charge on any atom is -0.467 e. The number of rotatable bonds is 6. The smallest absolute Gasteiger partial charge is 0.318 e. The zero-order valence-corrected chi connectivity index (χ0v) is 24.4. The van der Waals surface area contributed by atoms with Gasteiger partial charge in [0, 0.05) is 74.1 Å². The third-order valence-corrected chi connectivity index (χ3v) is 8.09. The fourth-order valence-corrected chi connectivity index (χ4v) is 5.92. The first-order valence-electron chi connectivity index (χ1n) is 14.0. The predicted molar refractivity (Wildman–Crippen MR) is 162 cm³/mol. The summed E-state index contributed by atoms with van der Waals surface area (Å²) >= 11 is 6.52. The molecule has 0 spiro atoms. The Hall–Kier alpha value is -3.86. The Morgan fingerprint density at radius 1 is 1.14 bits per heavy atom. The van der Waals surface area contributed by atoms with Crippen LogP contribution in [0.3, 0.4) is 0 Å². The van der Waals surface area contributed by atoms with Gasteiger partial charge in [0.15, 0.2) is 5.82 Å². The van der Waals surface area contributed by atoms with Crippen molar-refractivity contribution in [2.45, 2.75) is 13.0 Å². The number of aromatic nitrogens is 3. The van der Waals surface area contributed by atoms with Gasteiger partial charge in [-0.2, -0.15) is 9.97 Å². The summed E-state index contributed by atoms with van der Waals surface area (Å²) < 4.78 is 27.1. The highest BCUT2D eigenvalue weighted by atomic mass is 35.5. The van der Waals surface area contributed by atoms with E-state index in [1.807, 2.05) is 40.1 Å². The van der Waals surface area contributed by atoms with Crippen LogP contribution in [-0.4, -0.2) is 96.3 Å². The highest BCUT2D eigenvalue weighted by Gasteiger charge is 2.26. The summed E-state index contributed by atoms with van der Waals surface area (Å²) in [6.07, 6.45) is 5.38. The van der Waals surface area contributed by atoms with Crippen molar-refractivity contribution in [1.29, 1.82) is 0 Å². The monoisotopic (exact) mass is 590 g/mol. The van der Waals surface area contributed by atoms with Crippen LogP contribution in [0.5, 0.6) is 6.01 Å². The van der Waals surface area contributed by atoms with E-state index in [4.69, 9.17) is 21.1 Å². The lowest BCUT2D eigenvalue weighted by molar-refractivity contribution is -0.126. The number of piperazine rings is 1. The van der Waals surface area contributed by atoms with Gasteiger partial charge in [0.2, 0.25) is 5.91 Å². The van der Waals surface area contributed by atoms with Gasteiger partial charge >= 0.3 is 6.01 Å². The normalized spacial score (nSPS) is 18.3. The number of methoxy groups -OCH3 is 1. The van der Waals surface area contributed by atoms with Crippen LogP contribution >= 0.6 is 11.6 Å². The van der Waals surface area contributed by atoms with Gasteiger partial charge in [-0.1, -0.05) is 48.0 Å². The third-order valence-electron chi connectivity index (χ3n) is 7.78. The van der Waals surface area contributed by atoms with Crippen LogP contribution in [0.15, 0.2) is 54.7 Å². The number of nitrogens with zero attached hydrogens (tertiary/aromatic N) is 6. The van der Waals surface area contributed by atoms with Gasteiger partial charge in [0.25, 0.3) is 0 Å². The topological polar surface area (TPSA) is 83.9 Å². The minimum absolute atomic E-state index is 0.0211. The van der Waals surface area contributed by atoms with Crippen molar-refractivity contribution < 1.29 is 18.7 Å². The van der Waals surface area contributed by atoms with E-state index in [1.165, 1.54) is 7.11 Å². The molecule has 0 bridgehead atoms. The Labute approximate surface area is 248 Å². The molecule has 0 saturated carbocycles. The maximum atomic E-state index is 16.2. The van der Waals surface area contributed by atoms with E-state index in [1.54, 1.807) is 24.4 Å². The molecule has 2 aliphatic rings. The molecule has 4 heterocycles. The van der Waals surface area contributed by atoms with Crippen LogP contribution in [0.1, 0.15) is 6.92 Å². The van der Waals surface area contributed by atoms with E-state index in [2.05, 4.69) is 26.8 Å². The third kappa shape index (κ3) is 5.62. The lowest BCUT2D eigenvalue weighted by Crippen LogP contribution is -2.48. The van der Waals surface area contributed by atoms with Gasteiger partial charge in [-0.25, -0.2) is 4.39 Å². The molecule has 2 aromatic carbocycles. The molecule has 0 radical (unpaired) electrons. The Morgan fingerprint density at radius 2 is 1.93 bits per heavy atom. The summed E-state index contributed by atoms with van der Waals surface area (Å²) in [6.45, 7) is 7.29. The van der Waals surface area contributed by atoms with Crippen LogP contribution in [0, 0.1) is 5.82 Å². The van der Waals surface area contributed by atoms with Gasteiger partial charge in [0.1, 0.15) is 17.0 Å². The van der Waals surface area contributed by atoms with E-state index in [0.717, 1.165) is 30.4 Å². The summed E-state index contributed by atoms with van der Waals surface area (Å²) in [6, 6.07) is 11.2. The van der Waals surface area contributed by atoms with E-state index < -0.39 is 5.82 Å². The van der Waals surface area contributed by atoms with E-state index in [9.17, 15) is 4.79 Å². The number of carbonyl (C=O) groups excluding carboxylic acids is 1. The largest absolute Gasteiger partial charge is 0.467 e. The van der Waals surface area contributed by atoms with Crippen molar-refractivity contribution in [1.82, 2.24) is 24.8 Å². The van der Waals surface area contributed by atoms with Crippen molar-refractivity contribution >= 4 is 45.0 Å². The predicted octanol–water partition coefficient (Wildman–Crippen LogP) is 4.57. The number of halogens is 2. The van der Waals surface area contributed by atoms with Gasteiger partial charge in [-0.05, 0) is 18.4 Å². The van der Waals surface area contributed by atoms with Crippen molar-refractivity contribution in [3.63, 3.8) is 0 Å². The first-order chi connectivity index (χ1) is 20.4. The number of hydrogen-bond acceptors (Lipinski definition) is 8. The molecule has 2 aliphatic heterocycles. The molecular weight excluding hydrogens is 559 g/mol. The van der Waals surface area contributed by atoms with Gasteiger partial charge in [-0.15, -0.1) is 0 Å². The molecule has 11 heteroatoms. The van der Waals surface area contributed by atoms with E-state index in [0.29, 0.717) is 54.6 Å². The summed E-state index contributed by atoms with van der Waals surface area (Å²) in [5, 5.41) is 2.61. The number of anilines is 1. The second-order valence-corrected chi connectivity index (χ2v) is 10.9. The standard InChI is InChI=1S/C31H32ClFN6O3/c1-20-19-37(16-17-42-20)11-5-10-25(40)38-12-14-39(15-13-38)30-23-18-34-28(27(33)29(23)35-31(36-30)41-2)22-8-3-6-21-7-4-9-24(32)26(21)22/h3-10,18,20H,11-17,19H2,1-2H3/b10-5+. The summed E-state index contributed by atoms with van der Waals surface area (Å²) in [5.41, 5.74) is 0.853. The molecule has 1 atom stereocenters. The molecule has 218 valence electrons. The van der Waals surface area contributed by atoms with Crippen molar-refractivity contribution in [2.75, 3.05) is 64.4 Å². The molecular formula is C31H32ClFN6O3. The number of ether oxygens (including phenoxy) is 2. The zero-order valence-electron chi connectivity index (χ0n) is 23.6. The number of carbonyl (C=O) groups is 1. The molecule has 4 aromatic rings. The molecule has 6 rings (SSSR count). The average Bonchev–Trinajstić information content (AvgIpc) is 3.01. The Balaban J connectivity index is 1.23. The summed E-state index contributed by atoms with van der Waals surface area (Å²) in [4.78, 5) is 32.4. The van der Waals surface area contributed by atoms with Gasteiger partial charge in [0.05, 0.1) is 25.2 Å². The van der Waals surface area contributed by atoms with Crippen molar-refractivity contribution in [3.8, 4) is 17.3 Å². The number of pyridine rings is 1.